The van der Waals surface area contributed by atoms with Gasteiger partial charge in [-0.1, -0.05) is 47.5 Å². The van der Waals surface area contributed by atoms with Crippen molar-refractivity contribution in [2.75, 3.05) is 12.8 Å². The fourth-order valence-electron chi connectivity index (χ4n) is 2.04. The minimum atomic E-state index is 0.626. The molecule has 2 aromatic carbocycles. The molecule has 0 saturated carbocycles. The molecule has 0 fully saturated rings. The Bertz CT molecular complexity index is 549. The van der Waals surface area contributed by atoms with E-state index in [0.29, 0.717) is 10.7 Å². The van der Waals surface area contributed by atoms with Gasteiger partial charge in [0.2, 0.25) is 0 Å². The first kappa shape index (κ1) is 13.9. The van der Waals surface area contributed by atoms with Crippen LogP contribution in [0.3, 0.4) is 0 Å². The molecule has 0 aliphatic heterocycles. The highest BCUT2D eigenvalue weighted by Crippen LogP contribution is 2.20. The maximum atomic E-state index is 6.03. The minimum Gasteiger partial charge on any atom is -0.398 e. The van der Waals surface area contributed by atoms with Gasteiger partial charge in [0.15, 0.2) is 0 Å². The summed E-state index contributed by atoms with van der Waals surface area (Å²) < 4.78 is 0. The number of nitrogen functional groups attached to an aromatic ring is 1. The Labute approximate surface area is 119 Å². The molecule has 0 saturated heterocycles. The average Bonchev–Trinajstić information content (AvgIpc) is 2.37. The van der Waals surface area contributed by atoms with Crippen LogP contribution >= 0.6 is 11.6 Å². The zero-order valence-electron chi connectivity index (χ0n) is 11.4. The lowest BCUT2D eigenvalue weighted by molar-refractivity contribution is 0.319. The van der Waals surface area contributed by atoms with Crippen molar-refractivity contribution < 1.29 is 0 Å². The van der Waals surface area contributed by atoms with Crippen molar-refractivity contribution in [3.63, 3.8) is 0 Å². The Hall–Kier alpha value is -1.51. The zero-order valence-corrected chi connectivity index (χ0v) is 12.1. The van der Waals surface area contributed by atoms with Crippen LogP contribution in [0.4, 0.5) is 5.69 Å². The van der Waals surface area contributed by atoms with Crippen molar-refractivity contribution in [2.45, 2.75) is 20.0 Å². The summed E-state index contributed by atoms with van der Waals surface area (Å²) >= 11 is 6.03. The Balaban J connectivity index is 1.98. The summed E-state index contributed by atoms with van der Waals surface area (Å²) in [5.74, 6) is 0. The van der Waals surface area contributed by atoms with E-state index in [0.717, 1.165) is 13.1 Å². The van der Waals surface area contributed by atoms with Gasteiger partial charge in [0.25, 0.3) is 0 Å². The third-order valence-electron chi connectivity index (χ3n) is 3.09. The van der Waals surface area contributed by atoms with Gasteiger partial charge >= 0.3 is 0 Å². The van der Waals surface area contributed by atoms with Crippen LogP contribution in [0.1, 0.15) is 16.7 Å². The van der Waals surface area contributed by atoms with E-state index in [-0.39, 0.29) is 0 Å². The monoisotopic (exact) mass is 274 g/mol. The van der Waals surface area contributed by atoms with Crippen molar-refractivity contribution in [3.05, 3.63) is 64.2 Å². The van der Waals surface area contributed by atoms with Gasteiger partial charge in [-0.2, -0.15) is 0 Å². The highest BCUT2D eigenvalue weighted by molar-refractivity contribution is 6.33. The molecule has 0 aliphatic carbocycles. The molecule has 19 heavy (non-hydrogen) atoms. The first-order chi connectivity index (χ1) is 9.04. The summed E-state index contributed by atoms with van der Waals surface area (Å²) in [6.45, 7) is 3.88. The van der Waals surface area contributed by atoms with Crippen molar-refractivity contribution in [3.8, 4) is 0 Å². The number of hydrogen-bond acceptors (Lipinski definition) is 2. The average molecular weight is 275 g/mol. The first-order valence-corrected chi connectivity index (χ1v) is 6.70. The summed E-state index contributed by atoms with van der Waals surface area (Å²) in [6, 6.07) is 14.4. The number of hydrogen-bond donors (Lipinski definition) is 1. The molecular formula is C16H19ClN2. The molecule has 0 bridgehead atoms. The van der Waals surface area contributed by atoms with Gasteiger partial charge in [-0.15, -0.1) is 0 Å². The molecule has 0 atom stereocenters. The molecule has 0 heterocycles. The number of benzene rings is 2. The summed E-state index contributed by atoms with van der Waals surface area (Å²) in [5, 5.41) is 0.626. The molecule has 3 heteroatoms. The molecule has 2 aromatic rings. The smallest absolute Gasteiger partial charge is 0.0638 e. The summed E-state index contributed by atoms with van der Waals surface area (Å²) in [5.41, 5.74) is 10.1. The lowest BCUT2D eigenvalue weighted by atomic mass is 10.1. The van der Waals surface area contributed by atoms with E-state index in [2.05, 4.69) is 43.1 Å². The number of nitrogens with zero attached hydrogens (tertiary/aromatic N) is 1. The number of aryl methyl sites for hydroxylation is 1. The Kier molecular flexibility index (Phi) is 4.46. The van der Waals surface area contributed by atoms with Crippen LogP contribution in [0, 0.1) is 6.92 Å². The van der Waals surface area contributed by atoms with Gasteiger partial charge < -0.3 is 5.73 Å². The van der Waals surface area contributed by atoms with E-state index in [1.165, 1.54) is 16.7 Å². The highest BCUT2D eigenvalue weighted by Gasteiger charge is 2.04. The summed E-state index contributed by atoms with van der Waals surface area (Å²) in [6.07, 6.45) is 0. The van der Waals surface area contributed by atoms with Gasteiger partial charge in [0.1, 0.15) is 0 Å². The van der Waals surface area contributed by atoms with Crippen LogP contribution in [0.15, 0.2) is 42.5 Å². The van der Waals surface area contributed by atoms with E-state index < -0.39 is 0 Å². The third kappa shape index (κ3) is 3.98. The minimum absolute atomic E-state index is 0.626. The van der Waals surface area contributed by atoms with Gasteiger partial charge in [0.05, 0.1) is 10.7 Å². The van der Waals surface area contributed by atoms with Crippen LogP contribution in [-0.2, 0) is 13.1 Å². The van der Waals surface area contributed by atoms with Crippen LogP contribution in [0.2, 0.25) is 5.02 Å². The van der Waals surface area contributed by atoms with E-state index in [1.807, 2.05) is 18.2 Å². The fourth-order valence-corrected chi connectivity index (χ4v) is 2.24. The number of halogens is 1. The normalized spacial score (nSPS) is 10.9. The molecule has 0 spiro atoms. The maximum Gasteiger partial charge on any atom is 0.0638 e. The maximum absolute atomic E-state index is 6.03. The summed E-state index contributed by atoms with van der Waals surface area (Å²) in [4.78, 5) is 2.26. The Morgan fingerprint density at radius 1 is 1.00 bits per heavy atom. The van der Waals surface area contributed by atoms with Gasteiger partial charge in [-0.05, 0) is 37.2 Å². The second-order valence-electron chi connectivity index (χ2n) is 5.01. The van der Waals surface area contributed by atoms with E-state index >= 15 is 0 Å². The molecule has 0 amide bonds. The van der Waals surface area contributed by atoms with Crippen LogP contribution in [-0.4, -0.2) is 11.9 Å². The molecule has 2 nitrogen and oxygen atoms in total. The number of rotatable bonds is 4. The van der Waals surface area contributed by atoms with Crippen LogP contribution in [0.25, 0.3) is 0 Å². The quantitative estimate of drug-likeness (QED) is 0.858. The van der Waals surface area contributed by atoms with Gasteiger partial charge in [-0.3, -0.25) is 4.90 Å². The molecule has 0 radical (unpaired) electrons. The summed E-state index contributed by atoms with van der Waals surface area (Å²) in [7, 11) is 2.10. The second-order valence-corrected chi connectivity index (χ2v) is 5.42. The number of nitrogens with two attached hydrogens (primary N) is 1. The van der Waals surface area contributed by atoms with Crippen molar-refractivity contribution in [1.82, 2.24) is 4.90 Å². The Morgan fingerprint density at radius 2 is 1.58 bits per heavy atom. The molecular weight excluding hydrogens is 256 g/mol. The Morgan fingerprint density at radius 3 is 2.21 bits per heavy atom. The van der Waals surface area contributed by atoms with E-state index in [4.69, 9.17) is 17.3 Å². The van der Waals surface area contributed by atoms with Crippen molar-refractivity contribution in [2.24, 2.45) is 0 Å². The van der Waals surface area contributed by atoms with E-state index in [1.54, 1.807) is 0 Å². The topological polar surface area (TPSA) is 29.3 Å². The standard InChI is InChI=1S/C16H19ClN2/c1-12-3-5-13(6-4-12)10-19(2)11-14-7-8-16(18)15(17)9-14/h3-9H,10-11,18H2,1-2H3. The lowest BCUT2D eigenvalue weighted by Gasteiger charge is -2.17. The zero-order chi connectivity index (χ0) is 13.8. The SMILES string of the molecule is Cc1ccc(CN(C)Cc2ccc(N)c(Cl)c2)cc1. The van der Waals surface area contributed by atoms with Crippen LogP contribution < -0.4 is 5.73 Å². The fraction of sp³-hybridized carbons (Fsp3) is 0.250. The van der Waals surface area contributed by atoms with Crippen molar-refractivity contribution >= 4 is 17.3 Å². The first-order valence-electron chi connectivity index (χ1n) is 6.32. The third-order valence-corrected chi connectivity index (χ3v) is 3.42. The molecule has 0 aromatic heterocycles. The van der Waals surface area contributed by atoms with Crippen molar-refractivity contribution in [1.29, 1.82) is 0 Å². The molecule has 0 aliphatic rings. The largest absolute Gasteiger partial charge is 0.398 e. The highest BCUT2D eigenvalue weighted by atomic mass is 35.5. The predicted molar refractivity (Wildman–Crippen MR) is 82.2 cm³/mol. The second kappa shape index (κ2) is 6.09. The molecule has 0 unspecified atom stereocenters. The predicted octanol–water partition coefficient (Wildman–Crippen LogP) is 3.86. The molecule has 2 rings (SSSR count). The van der Waals surface area contributed by atoms with Crippen LogP contribution in [0.5, 0.6) is 0 Å². The van der Waals surface area contributed by atoms with E-state index in [9.17, 15) is 0 Å². The molecule has 100 valence electrons. The number of anilines is 1. The molecule has 2 N–H and O–H groups in total. The van der Waals surface area contributed by atoms with Gasteiger partial charge in [0, 0.05) is 13.1 Å². The lowest BCUT2D eigenvalue weighted by Crippen LogP contribution is -2.17. The van der Waals surface area contributed by atoms with Gasteiger partial charge in [-0.25, -0.2) is 0 Å².